The average molecular weight is 326 g/mol. The van der Waals surface area contributed by atoms with Crippen LogP contribution in [0.2, 0.25) is 0 Å². The number of fused-ring (bicyclic) bond motifs is 1. The largest absolute Gasteiger partial charge is 0.490 e. The Hall–Kier alpha value is -1.78. The van der Waals surface area contributed by atoms with Gasteiger partial charge in [0.1, 0.15) is 18.3 Å². The Morgan fingerprint density at radius 1 is 1.58 bits per heavy atom. The summed E-state index contributed by atoms with van der Waals surface area (Å²) in [5.74, 6) is 1.56. The minimum Gasteiger partial charge on any atom is -0.490 e. The lowest BCUT2D eigenvalue weighted by atomic mass is 10.0. The first-order valence-corrected chi connectivity index (χ1v) is 6.59. The van der Waals surface area contributed by atoms with Gasteiger partial charge in [0, 0.05) is 16.6 Å². The Labute approximate surface area is 118 Å². The second kappa shape index (κ2) is 5.91. The number of rotatable bonds is 3. The number of anilines is 1. The monoisotopic (exact) mass is 325 g/mol. The van der Waals surface area contributed by atoms with Gasteiger partial charge in [-0.15, -0.1) is 0 Å². The van der Waals surface area contributed by atoms with Gasteiger partial charge in [-0.25, -0.2) is 9.59 Å². The highest BCUT2D eigenvalue weighted by molar-refractivity contribution is 9.10. The second-order valence-electron chi connectivity index (χ2n) is 3.80. The van der Waals surface area contributed by atoms with Crippen LogP contribution >= 0.6 is 15.9 Å². The first-order chi connectivity index (χ1) is 9.17. The van der Waals surface area contributed by atoms with Crippen molar-refractivity contribution in [3.8, 4) is 5.75 Å². The van der Waals surface area contributed by atoms with Gasteiger partial charge in [-0.1, -0.05) is 15.9 Å². The maximum absolute atomic E-state index is 11.8. The zero-order valence-electron chi connectivity index (χ0n) is 10.3. The number of hydrogen-bond donors (Lipinski definition) is 1. The predicted molar refractivity (Wildman–Crippen MR) is 73.9 cm³/mol. The highest BCUT2D eigenvalue weighted by Gasteiger charge is 2.23. The van der Waals surface area contributed by atoms with E-state index in [0.29, 0.717) is 34.6 Å². The van der Waals surface area contributed by atoms with Gasteiger partial charge in [0.05, 0.1) is 12.3 Å². The number of hydrogen-bond acceptors (Lipinski definition) is 5. The average Bonchev–Trinajstić information content (AvgIpc) is 2.39. The van der Waals surface area contributed by atoms with Crippen LogP contribution < -0.4 is 10.1 Å². The van der Waals surface area contributed by atoms with Gasteiger partial charge in [-0.3, -0.25) is 0 Å². The van der Waals surface area contributed by atoms with Gasteiger partial charge in [0.25, 0.3) is 0 Å². The summed E-state index contributed by atoms with van der Waals surface area (Å²) in [6.07, 6.45) is 0. The molecule has 5 nitrogen and oxygen atoms in total. The fourth-order valence-electron chi connectivity index (χ4n) is 1.82. The molecular weight excluding hydrogens is 314 g/mol. The third kappa shape index (κ3) is 2.80. The number of benzene rings is 1. The molecule has 0 fully saturated rings. The maximum atomic E-state index is 11.8. The first-order valence-electron chi connectivity index (χ1n) is 5.80. The molecule has 0 spiro atoms. The van der Waals surface area contributed by atoms with Crippen LogP contribution in [0.15, 0.2) is 16.6 Å². The summed E-state index contributed by atoms with van der Waals surface area (Å²) < 4.78 is 11.1. The normalized spacial score (nSPS) is 12.5. The van der Waals surface area contributed by atoms with Crippen LogP contribution in [0.25, 0.3) is 5.57 Å². The molecule has 0 radical (unpaired) electrons. The van der Waals surface area contributed by atoms with Crippen molar-refractivity contribution in [2.24, 2.45) is 0 Å². The van der Waals surface area contributed by atoms with E-state index in [4.69, 9.17) is 9.47 Å². The summed E-state index contributed by atoms with van der Waals surface area (Å²) in [6.45, 7) is 3.02. The summed E-state index contributed by atoms with van der Waals surface area (Å²) in [5.41, 5.74) is 0.899. The highest BCUT2D eigenvalue weighted by Crippen LogP contribution is 2.37. The molecule has 0 saturated carbocycles. The molecule has 100 valence electrons. The molecule has 0 saturated heterocycles. The Bertz CT molecular complexity index is 564. The number of carbonyl (C=O) groups is 1. The lowest BCUT2D eigenvalue weighted by Crippen LogP contribution is -2.20. The van der Waals surface area contributed by atoms with Gasteiger partial charge >= 0.3 is 5.97 Å². The summed E-state index contributed by atoms with van der Waals surface area (Å²) in [7, 11) is 0. The molecule has 0 bridgehead atoms. The van der Waals surface area contributed by atoms with E-state index in [-0.39, 0.29) is 12.2 Å². The molecule has 1 aliphatic rings. The molecule has 1 aliphatic heterocycles. The van der Waals surface area contributed by atoms with Crippen molar-refractivity contribution in [1.29, 1.82) is 0 Å². The SMILES string of the molecule is CCOC(=O)C(=C=O)c1cc(Br)cc2c1NCCO2. The van der Waals surface area contributed by atoms with E-state index in [0.717, 1.165) is 0 Å². The Balaban J connectivity index is 2.51. The first kappa shape index (κ1) is 13.6. The molecule has 0 amide bonds. The number of esters is 1. The molecule has 0 aliphatic carbocycles. The number of nitrogens with one attached hydrogen (secondary N) is 1. The fourth-order valence-corrected chi connectivity index (χ4v) is 2.26. The van der Waals surface area contributed by atoms with Crippen molar-refractivity contribution >= 4 is 39.1 Å². The van der Waals surface area contributed by atoms with Gasteiger partial charge in [0.15, 0.2) is 5.57 Å². The topological polar surface area (TPSA) is 64.6 Å². The van der Waals surface area contributed by atoms with E-state index in [2.05, 4.69) is 21.2 Å². The van der Waals surface area contributed by atoms with Crippen LogP contribution in [-0.4, -0.2) is 31.7 Å². The minimum absolute atomic E-state index is 0.141. The molecule has 1 aromatic carbocycles. The van der Waals surface area contributed by atoms with E-state index in [1.54, 1.807) is 25.0 Å². The van der Waals surface area contributed by atoms with E-state index >= 15 is 0 Å². The van der Waals surface area contributed by atoms with Crippen LogP contribution in [-0.2, 0) is 14.3 Å². The van der Waals surface area contributed by atoms with Gasteiger partial charge in [0.2, 0.25) is 0 Å². The Kier molecular flexibility index (Phi) is 4.24. The summed E-state index contributed by atoms with van der Waals surface area (Å²) in [4.78, 5) is 22.8. The molecule has 0 aromatic heterocycles. The van der Waals surface area contributed by atoms with Gasteiger partial charge in [-0.2, -0.15) is 0 Å². The van der Waals surface area contributed by atoms with E-state index in [1.807, 2.05) is 0 Å². The molecule has 2 rings (SSSR count). The molecule has 0 unspecified atom stereocenters. The lowest BCUT2D eigenvalue weighted by Gasteiger charge is -2.22. The summed E-state index contributed by atoms with van der Waals surface area (Å²) in [6, 6.07) is 3.44. The number of ether oxygens (including phenoxy) is 2. The van der Waals surface area contributed by atoms with Crippen LogP contribution in [0, 0.1) is 0 Å². The quantitative estimate of drug-likeness (QED) is 0.523. The molecule has 1 heterocycles. The third-order valence-electron chi connectivity index (χ3n) is 2.58. The zero-order chi connectivity index (χ0) is 13.8. The highest BCUT2D eigenvalue weighted by atomic mass is 79.9. The molecule has 1 N–H and O–H groups in total. The van der Waals surface area contributed by atoms with Crippen molar-refractivity contribution in [1.82, 2.24) is 0 Å². The Morgan fingerprint density at radius 2 is 2.37 bits per heavy atom. The summed E-state index contributed by atoms with van der Waals surface area (Å²) in [5, 5.41) is 3.12. The zero-order valence-corrected chi connectivity index (χ0v) is 11.9. The molecular formula is C13H12BrNO4. The van der Waals surface area contributed by atoms with Crippen LogP contribution in [0.1, 0.15) is 12.5 Å². The third-order valence-corrected chi connectivity index (χ3v) is 3.04. The van der Waals surface area contributed by atoms with Crippen LogP contribution in [0.5, 0.6) is 5.75 Å². The van der Waals surface area contributed by atoms with Gasteiger partial charge < -0.3 is 14.8 Å². The summed E-state index contributed by atoms with van der Waals surface area (Å²) >= 11 is 3.32. The fraction of sp³-hybridized carbons (Fsp3) is 0.308. The Morgan fingerprint density at radius 3 is 3.05 bits per heavy atom. The van der Waals surface area contributed by atoms with Crippen molar-refractivity contribution in [2.45, 2.75) is 6.92 Å². The van der Waals surface area contributed by atoms with Gasteiger partial charge in [-0.05, 0) is 19.1 Å². The van der Waals surface area contributed by atoms with E-state index in [1.165, 1.54) is 0 Å². The van der Waals surface area contributed by atoms with Crippen LogP contribution in [0.4, 0.5) is 5.69 Å². The van der Waals surface area contributed by atoms with Crippen molar-refractivity contribution in [3.05, 3.63) is 22.2 Å². The van der Waals surface area contributed by atoms with Crippen molar-refractivity contribution < 1.29 is 19.1 Å². The standard InChI is InChI=1S/C13H12BrNO4/c1-2-18-13(17)10(7-16)9-5-8(14)6-11-12(9)15-3-4-19-11/h5-6,15H,2-4H2,1H3. The molecule has 0 atom stereocenters. The number of carbonyl (C=O) groups excluding carboxylic acids is 2. The van der Waals surface area contributed by atoms with Crippen LogP contribution in [0.3, 0.4) is 0 Å². The van der Waals surface area contributed by atoms with E-state index < -0.39 is 5.97 Å². The van der Waals surface area contributed by atoms with Crippen molar-refractivity contribution in [3.63, 3.8) is 0 Å². The lowest BCUT2D eigenvalue weighted by molar-refractivity contribution is -0.135. The van der Waals surface area contributed by atoms with E-state index in [9.17, 15) is 9.59 Å². The maximum Gasteiger partial charge on any atom is 0.350 e. The number of halogens is 1. The smallest absolute Gasteiger partial charge is 0.350 e. The minimum atomic E-state index is -0.690. The predicted octanol–water partition coefficient (Wildman–Crippen LogP) is 2.03. The van der Waals surface area contributed by atoms with Crippen molar-refractivity contribution in [2.75, 3.05) is 25.1 Å². The second-order valence-corrected chi connectivity index (χ2v) is 4.71. The molecule has 1 aromatic rings. The molecule has 6 heteroatoms. The molecule has 19 heavy (non-hydrogen) atoms.